The molecular weight excluding hydrogens is 355 g/mol. The number of hydrogen-bond acceptors (Lipinski definition) is 5. The summed E-state index contributed by atoms with van der Waals surface area (Å²) in [6.45, 7) is -0.329. The number of non-ortho nitro benzene ring substituents is 1. The molecule has 0 spiro atoms. The van der Waals surface area contributed by atoms with Gasteiger partial charge in [-0.15, -0.1) is 0 Å². The third-order valence-electron chi connectivity index (χ3n) is 3.47. The molecule has 0 aliphatic heterocycles. The Bertz CT molecular complexity index is 907. The SMILES string of the molecule is O=[N+]([O-])c1ccc(-c2onc(-c3ccc(Cl)cc3Cl)c2CO)cc1. The van der Waals surface area contributed by atoms with Gasteiger partial charge in [-0.3, -0.25) is 10.1 Å². The van der Waals surface area contributed by atoms with E-state index in [1.807, 2.05) is 0 Å². The van der Waals surface area contributed by atoms with E-state index in [0.717, 1.165) is 0 Å². The number of benzene rings is 2. The van der Waals surface area contributed by atoms with Crippen LogP contribution in [0.4, 0.5) is 5.69 Å². The molecule has 24 heavy (non-hydrogen) atoms. The summed E-state index contributed by atoms with van der Waals surface area (Å²) < 4.78 is 5.34. The predicted molar refractivity (Wildman–Crippen MR) is 90.0 cm³/mol. The number of nitro benzene ring substituents is 1. The summed E-state index contributed by atoms with van der Waals surface area (Å²) in [5, 5.41) is 25.3. The maximum atomic E-state index is 10.7. The quantitative estimate of drug-likeness (QED) is 0.534. The van der Waals surface area contributed by atoms with Gasteiger partial charge in [0.05, 0.1) is 22.1 Å². The van der Waals surface area contributed by atoms with E-state index in [0.29, 0.717) is 38.2 Å². The van der Waals surface area contributed by atoms with Crippen molar-refractivity contribution >= 4 is 28.9 Å². The molecule has 0 bridgehead atoms. The minimum absolute atomic E-state index is 0.0372. The van der Waals surface area contributed by atoms with E-state index < -0.39 is 4.92 Å². The minimum atomic E-state index is -0.490. The lowest BCUT2D eigenvalue weighted by atomic mass is 10.0. The van der Waals surface area contributed by atoms with Crippen LogP contribution in [0.15, 0.2) is 47.0 Å². The zero-order chi connectivity index (χ0) is 17.3. The molecular formula is C16H10Cl2N2O4. The van der Waals surface area contributed by atoms with Crippen LogP contribution in [0.5, 0.6) is 0 Å². The van der Waals surface area contributed by atoms with Crippen LogP contribution in [0, 0.1) is 10.1 Å². The number of rotatable bonds is 4. The van der Waals surface area contributed by atoms with Crippen LogP contribution in [0.2, 0.25) is 10.0 Å². The van der Waals surface area contributed by atoms with E-state index in [9.17, 15) is 15.2 Å². The Labute approximate surface area is 146 Å². The van der Waals surface area contributed by atoms with Gasteiger partial charge in [-0.25, -0.2) is 0 Å². The lowest BCUT2D eigenvalue weighted by Gasteiger charge is -2.04. The summed E-state index contributed by atoms with van der Waals surface area (Å²) >= 11 is 12.1. The summed E-state index contributed by atoms with van der Waals surface area (Å²) in [6, 6.07) is 10.7. The van der Waals surface area contributed by atoms with E-state index >= 15 is 0 Å². The van der Waals surface area contributed by atoms with Gasteiger partial charge in [-0.2, -0.15) is 0 Å². The first-order chi connectivity index (χ1) is 11.5. The predicted octanol–water partition coefficient (Wildman–Crippen LogP) is 4.72. The van der Waals surface area contributed by atoms with Crippen molar-refractivity contribution in [2.75, 3.05) is 0 Å². The molecule has 0 fully saturated rings. The largest absolute Gasteiger partial charge is 0.391 e. The van der Waals surface area contributed by atoms with E-state index in [1.165, 1.54) is 24.3 Å². The second-order valence-corrected chi connectivity index (χ2v) is 5.77. The number of hydrogen-bond donors (Lipinski definition) is 1. The van der Waals surface area contributed by atoms with E-state index in [4.69, 9.17) is 27.7 Å². The number of aliphatic hydroxyl groups is 1. The Morgan fingerprint density at radius 3 is 2.46 bits per heavy atom. The summed E-state index contributed by atoms with van der Waals surface area (Å²) in [6.07, 6.45) is 0. The van der Waals surface area contributed by atoms with Crippen LogP contribution in [0.3, 0.4) is 0 Å². The fraction of sp³-hybridized carbons (Fsp3) is 0.0625. The zero-order valence-electron chi connectivity index (χ0n) is 12.1. The number of aromatic nitrogens is 1. The molecule has 0 aliphatic carbocycles. The molecule has 8 heteroatoms. The van der Waals surface area contributed by atoms with Crippen molar-refractivity contribution in [3.05, 3.63) is 68.2 Å². The maximum Gasteiger partial charge on any atom is 0.269 e. The minimum Gasteiger partial charge on any atom is -0.391 e. The Hall–Kier alpha value is -2.41. The average molecular weight is 365 g/mol. The van der Waals surface area contributed by atoms with Gasteiger partial charge in [0.1, 0.15) is 5.69 Å². The third kappa shape index (κ3) is 2.99. The van der Waals surface area contributed by atoms with Gasteiger partial charge in [0.2, 0.25) is 0 Å². The van der Waals surface area contributed by atoms with Gasteiger partial charge in [-0.1, -0.05) is 28.4 Å². The van der Waals surface area contributed by atoms with Gasteiger partial charge < -0.3 is 9.63 Å². The van der Waals surface area contributed by atoms with Gasteiger partial charge in [-0.05, 0) is 30.3 Å². The molecule has 2 aromatic carbocycles. The molecule has 3 aromatic rings. The first kappa shape index (κ1) is 16.4. The molecule has 1 N–H and O–H groups in total. The molecule has 1 aromatic heterocycles. The van der Waals surface area contributed by atoms with Crippen molar-refractivity contribution in [3.8, 4) is 22.6 Å². The highest BCUT2D eigenvalue weighted by Gasteiger charge is 2.20. The molecule has 0 saturated heterocycles. The van der Waals surface area contributed by atoms with Crippen LogP contribution in [-0.2, 0) is 6.61 Å². The number of halogens is 2. The maximum absolute atomic E-state index is 10.7. The Morgan fingerprint density at radius 1 is 1.17 bits per heavy atom. The second-order valence-electron chi connectivity index (χ2n) is 4.93. The summed E-state index contributed by atoms with van der Waals surface area (Å²) in [4.78, 5) is 10.2. The highest BCUT2D eigenvalue weighted by molar-refractivity contribution is 6.36. The molecule has 0 unspecified atom stereocenters. The molecule has 0 aliphatic rings. The van der Waals surface area contributed by atoms with Crippen molar-refractivity contribution in [3.63, 3.8) is 0 Å². The lowest BCUT2D eigenvalue weighted by molar-refractivity contribution is -0.384. The molecule has 3 rings (SSSR count). The molecule has 1 heterocycles. The van der Waals surface area contributed by atoms with Gasteiger partial charge >= 0.3 is 0 Å². The first-order valence-electron chi connectivity index (χ1n) is 6.81. The van der Waals surface area contributed by atoms with Crippen molar-refractivity contribution in [1.82, 2.24) is 5.16 Å². The zero-order valence-corrected chi connectivity index (χ0v) is 13.6. The normalized spacial score (nSPS) is 10.8. The van der Waals surface area contributed by atoms with Crippen LogP contribution < -0.4 is 0 Å². The van der Waals surface area contributed by atoms with Crippen molar-refractivity contribution in [2.24, 2.45) is 0 Å². The fourth-order valence-electron chi connectivity index (χ4n) is 2.31. The smallest absolute Gasteiger partial charge is 0.269 e. The highest BCUT2D eigenvalue weighted by atomic mass is 35.5. The van der Waals surface area contributed by atoms with Crippen LogP contribution in [0.1, 0.15) is 5.56 Å². The monoisotopic (exact) mass is 364 g/mol. The standard InChI is InChI=1S/C16H10Cl2N2O4/c17-10-3-6-12(14(18)7-10)15-13(8-21)16(24-19-15)9-1-4-11(5-2-9)20(22)23/h1-7,21H,8H2. The molecule has 0 atom stereocenters. The highest BCUT2D eigenvalue weighted by Crippen LogP contribution is 2.36. The van der Waals surface area contributed by atoms with Gasteiger partial charge in [0.25, 0.3) is 5.69 Å². The summed E-state index contributed by atoms with van der Waals surface area (Å²) in [5.74, 6) is 0.327. The molecule has 0 saturated carbocycles. The van der Waals surface area contributed by atoms with Crippen molar-refractivity contribution < 1.29 is 14.6 Å². The van der Waals surface area contributed by atoms with Gasteiger partial charge in [0, 0.05) is 28.3 Å². The van der Waals surface area contributed by atoms with E-state index in [-0.39, 0.29) is 12.3 Å². The molecule has 0 radical (unpaired) electrons. The Morgan fingerprint density at radius 2 is 1.88 bits per heavy atom. The second kappa shape index (κ2) is 6.60. The number of nitrogens with zero attached hydrogens (tertiary/aromatic N) is 2. The number of aliphatic hydroxyl groups excluding tert-OH is 1. The van der Waals surface area contributed by atoms with Crippen molar-refractivity contribution in [1.29, 1.82) is 0 Å². The average Bonchev–Trinajstić information content (AvgIpc) is 2.98. The van der Waals surface area contributed by atoms with Gasteiger partial charge in [0.15, 0.2) is 5.76 Å². The Balaban J connectivity index is 2.08. The topological polar surface area (TPSA) is 89.4 Å². The van der Waals surface area contributed by atoms with Crippen LogP contribution >= 0.6 is 23.2 Å². The third-order valence-corrected chi connectivity index (χ3v) is 4.02. The fourth-order valence-corrected chi connectivity index (χ4v) is 2.81. The molecule has 0 amide bonds. The first-order valence-corrected chi connectivity index (χ1v) is 7.56. The lowest BCUT2D eigenvalue weighted by Crippen LogP contribution is -1.91. The summed E-state index contributed by atoms with van der Waals surface area (Å²) in [5.41, 5.74) is 1.93. The van der Waals surface area contributed by atoms with E-state index in [1.54, 1.807) is 18.2 Å². The number of nitro groups is 1. The van der Waals surface area contributed by atoms with Crippen molar-refractivity contribution in [2.45, 2.75) is 6.61 Å². The summed E-state index contributed by atoms with van der Waals surface area (Å²) in [7, 11) is 0. The van der Waals surface area contributed by atoms with Crippen LogP contribution in [-0.4, -0.2) is 15.2 Å². The molecule has 6 nitrogen and oxygen atoms in total. The van der Waals surface area contributed by atoms with E-state index in [2.05, 4.69) is 5.16 Å². The molecule has 122 valence electrons. The van der Waals surface area contributed by atoms with Crippen LogP contribution in [0.25, 0.3) is 22.6 Å². The Kier molecular flexibility index (Phi) is 4.53.